The van der Waals surface area contributed by atoms with Crippen LogP contribution in [0.4, 0.5) is 8.78 Å². The molecule has 0 aliphatic carbocycles. The molecule has 2 heterocycles. The van der Waals surface area contributed by atoms with Crippen LogP contribution in [-0.2, 0) is 0 Å². The summed E-state index contributed by atoms with van der Waals surface area (Å²) in [5.74, 6) is 0.577. The Morgan fingerprint density at radius 2 is 2.06 bits per heavy atom. The first kappa shape index (κ1) is 12.2. The summed E-state index contributed by atoms with van der Waals surface area (Å²) in [5.41, 5.74) is 0. The molecular weight excluding hydrogens is 210 g/mol. The SMILES string of the molecule is FC(F)C1CCCCN1CC1CCCNC1. The summed E-state index contributed by atoms with van der Waals surface area (Å²) in [4.78, 5) is 2.03. The number of alkyl halides is 2. The van der Waals surface area contributed by atoms with Gasteiger partial charge >= 0.3 is 0 Å². The molecule has 2 nitrogen and oxygen atoms in total. The van der Waals surface area contributed by atoms with Crippen LogP contribution < -0.4 is 5.32 Å². The van der Waals surface area contributed by atoms with E-state index in [2.05, 4.69) is 5.32 Å². The highest BCUT2D eigenvalue weighted by Crippen LogP contribution is 2.24. The van der Waals surface area contributed by atoms with Crippen molar-refractivity contribution < 1.29 is 8.78 Å². The molecule has 0 aromatic carbocycles. The highest BCUT2D eigenvalue weighted by Gasteiger charge is 2.31. The van der Waals surface area contributed by atoms with E-state index in [1.807, 2.05) is 4.90 Å². The van der Waals surface area contributed by atoms with Crippen molar-refractivity contribution in [3.05, 3.63) is 0 Å². The molecule has 0 aromatic rings. The third-order valence-corrected chi connectivity index (χ3v) is 3.85. The van der Waals surface area contributed by atoms with Gasteiger partial charge in [-0.3, -0.25) is 4.90 Å². The summed E-state index contributed by atoms with van der Waals surface area (Å²) in [6.45, 7) is 3.83. The van der Waals surface area contributed by atoms with Crippen LogP contribution in [0.15, 0.2) is 0 Å². The van der Waals surface area contributed by atoms with E-state index in [1.165, 1.54) is 12.8 Å². The molecule has 2 fully saturated rings. The summed E-state index contributed by atoms with van der Waals surface area (Å²) < 4.78 is 25.7. The lowest BCUT2D eigenvalue weighted by molar-refractivity contribution is -0.00439. The fraction of sp³-hybridized carbons (Fsp3) is 1.00. The third kappa shape index (κ3) is 3.14. The molecule has 2 saturated heterocycles. The highest BCUT2D eigenvalue weighted by atomic mass is 19.3. The molecule has 2 atom stereocenters. The Bertz CT molecular complexity index is 205. The number of likely N-dealkylation sites (tertiary alicyclic amines) is 1. The minimum Gasteiger partial charge on any atom is -0.316 e. The maximum Gasteiger partial charge on any atom is 0.253 e. The van der Waals surface area contributed by atoms with Crippen molar-refractivity contribution in [2.75, 3.05) is 26.2 Å². The Balaban J connectivity index is 1.85. The standard InChI is InChI=1S/C12H22F2N2/c13-12(14)11-5-1-2-7-16(11)9-10-4-3-6-15-8-10/h10-12,15H,1-9H2. The number of halogens is 2. The number of hydrogen-bond donors (Lipinski definition) is 1. The lowest BCUT2D eigenvalue weighted by Gasteiger charge is -2.38. The van der Waals surface area contributed by atoms with Gasteiger partial charge in [0.1, 0.15) is 0 Å². The Kier molecular flexibility index (Phi) is 4.53. The predicted octanol–water partition coefficient (Wildman–Crippen LogP) is 2.11. The molecule has 0 amide bonds. The molecular formula is C12H22F2N2. The average molecular weight is 232 g/mol. The fourth-order valence-electron chi connectivity index (χ4n) is 2.94. The minimum absolute atomic E-state index is 0.476. The van der Waals surface area contributed by atoms with Gasteiger partial charge in [-0.1, -0.05) is 6.42 Å². The van der Waals surface area contributed by atoms with E-state index in [9.17, 15) is 8.78 Å². The summed E-state index contributed by atoms with van der Waals surface area (Å²) in [7, 11) is 0. The topological polar surface area (TPSA) is 15.3 Å². The lowest BCUT2D eigenvalue weighted by Crippen LogP contribution is -2.48. The van der Waals surface area contributed by atoms with E-state index in [0.29, 0.717) is 12.3 Å². The van der Waals surface area contributed by atoms with Crippen molar-refractivity contribution in [1.82, 2.24) is 10.2 Å². The van der Waals surface area contributed by atoms with Crippen LogP contribution in [0.5, 0.6) is 0 Å². The van der Waals surface area contributed by atoms with Crippen LogP contribution in [-0.4, -0.2) is 43.5 Å². The Morgan fingerprint density at radius 1 is 1.19 bits per heavy atom. The van der Waals surface area contributed by atoms with Gasteiger partial charge in [0, 0.05) is 6.54 Å². The van der Waals surface area contributed by atoms with Crippen LogP contribution >= 0.6 is 0 Å². The molecule has 2 rings (SSSR count). The quantitative estimate of drug-likeness (QED) is 0.801. The van der Waals surface area contributed by atoms with Crippen molar-refractivity contribution in [3.8, 4) is 0 Å². The van der Waals surface area contributed by atoms with Crippen LogP contribution in [0.25, 0.3) is 0 Å². The maximum absolute atomic E-state index is 12.9. The number of nitrogens with zero attached hydrogens (tertiary/aromatic N) is 1. The van der Waals surface area contributed by atoms with Gasteiger partial charge in [0.05, 0.1) is 6.04 Å². The number of hydrogen-bond acceptors (Lipinski definition) is 2. The van der Waals surface area contributed by atoms with Gasteiger partial charge < -0.3 is 5.32 Å². The molecule has 0 bridgehead atoms. The summed E-state index contributed by atoms with van der Waals surface area (Å²) in [6.07, 6.45) is 2.95. The van der Waals surface area contributed by atoms with Crippen LogP contribution in [0.1, 0.15) is 32.1 Å². The summed E-state index contributed by atoms with van der Waals surface area (Å²) in [5, 5.41) is 3.35. The molecule has 0 spiro atoms. The second kappa shape index (κ2) is 5.92. The number of nitrogens with one attached hydrogen (secondary N) is 1. The van der Waals surface area contributed by atoms with E-state index in [1.54, 1.807) is 0 Å². The predicted molar refractivity (Wildman–Crippen MR) is 60.8 cm³/mol. The van der Waals surface area contributed by atoms with E-state index in [0.717, 1.165) is 39.0 Å². The molecule has 94 valence electrons. The first-order chi connectivity index (χ1) is 7.77. The van der Waals surface area contributed by atoms with Crippen molar-refractivity contribution >= 4 is 0 Å². The molecule has 4 heteroatoms. The zero-order chi connectivity index (χ0) is 11.4. The zero-order valence-electron chi connectivity index (χ0n) is 9.80. The van der Waals surface area contributed by atoms with E-state index < -0.39 is 12.5 Å². The third-order valence-electron chi connectivity index (χ3n) is 3.85. The Labute approximate surface area is 96.4 Å². The van der Waals surface area contributed by atoms with E-state index in [4.69, 9.17) is 0 Å². The Hall–Kier alpha value is -0.220. The molecule has 16 heavy (non-hydrogen) atoms. The van der Waals surface area contributed by atoms with Gasteiger partial charge in [-0.05, 0) is 51.2 Å². The molecule has 0 radical (unpaired) electrons. The fourth-order valence-corrected chi connectivity index (χ4v) is 2.94. The average Bonchev–Trinajstić information content (AvgIpc) is 2.31. The first-order valence-electron chi connectivity index (χ1n) is 6.50. The smallest absolute Gasteiger partial charge is 0.253 e. The van der Waals surface area contributed by atoms with Crippen molar-refractivity contribution in [1.29, 1.82) is 0 Å². The van der Waals surface area contributed by atoms with Gasteiger partial charge in [0.2, 0.25) is 0 Å². The van der Waals surface area contributed by atoms with E-state index in [-0.39, 0.29) is 0 Å². The molecule has 1 N–H and O–H groups in total. The van der Waals surface area contributed by atoms with Gasteiger partial charge in [-0.2, -0.15) is 0 Å². The molecule has 0 saturated carbocycles. The number of rotatable bonds is 3. The van der Waals surface area contributed by atoms with Gasteiger partial charge in [-0.25, -0.2) is 8.78 Å². The zero-order valence-corrected chi connectivity index (χ0v) is 9.80. The summed E-state index contributed by atoms with van der Waals surface area (Å²) in [6, 6.07) is -0.476. The summed E-state index contributed by atoms with van der Waals surface area (Å²) >= 11 is 0. The van der Waals surface area contributed by atoms with E-state index >= 15 is 0 Å². The van der Waals surface area contributed by atoms with Crippen molar-refractivity contribution in [2.45, 2.75) is 44.6 Å². The highest BCUT2D eigenvalue weighted by molar-refractivity contribution is 4.82. The van der Waals surface area contributed by atoms with Crippen molar-refractivity contribution in [3.63, 3.8) is 0 Å². The van der Waals surface area contributed by atoms with Crippen LogP contribution in [0, 0.1) is 5.92 Å². The minimum atomic E-state index is -2.17. The molecule has 2 unspecified atom stereocenters. The van der Waals surface area contributed by atoms with Crippen LogP contribution in [0.2, 0.25) is 0 Å². The monoisotopic (exact) mass is 232 g/mol. The lowest BCUT2D eigenvalue weighted by atomic mass is 9.95. The molecule has 2 aliphatic rings. The normalized spacial score (nSPS) is 33.2. The van der Waals surface area contributed by atoms with Crippen molar-refractivity contribution in [2.24, 2.45) is 5.92 Å². The van der Waals surface area contributed by atoms with Gasteiger partial charge in [-0.15, -0.1) is 0 Å². The Morgan fingerprint density at radius 3 is 2.75 bits per heavy atom. The largest absolute Gasteiger partial charge is 0.316 e. The number of piperidine rings is 2. The second-order valence-electron chi connectivity index (χ2n) is 5.10. The van der Waals surface area contributed by atoms with Gasteiger partial charge in [0.15, 0.2) is 0 Å². The van der Waals surface area contributed by atoms with Gasteiger partial charge in [0.25, 0.3) is 6.43 Å². The molecule has 0 aromatic heterocycles. The first-order valence-corrected chi connectivity index (χ1v) is 6.50. The second-order valence-corrected chi connectivity index (χ2v) is 5.10. The van der Waals surface area contributed by atoms with Crippen LogP contribution in [0.3, 0.4) is 0 Å². The molecule has 2 aliphatic heterocycles. The maximum atomic E-state index is 12.9.